The van der Waals surface area contributed by atoms with Gasteiger partial charge in [-0.1, -0.05) is 13.3 Å². The Labute approximate surface area is 109 Å². The summed E-state index contributed by atoms with van der Waals surface area (Å²) in [5.41, 5.74) is 0. The Morgan fingerprint density at radius 2 is 2.33 bits per heavy atom. The number of hydrogen-bond acceptors (Lipinski definition) is 4. The van der Waals surface area contributed by atoms with Crippen LogP contribution >= 0.6 is 0 Å². The van der Waals surface area contributed by atoms with Crippen molar-refractivity contribution in [2.75, 3.05) is 26.8 Å². The molecule has 5 nitrogen and oxygen atoms in total. The van der Waals surface area contributed by atoms with Crippen LogP contribution in [-0.2, 0) is 18.3 Å². The van der Waals surface area contributed by atoms with Crippen LogP contribution in [0.1, 0.15) is 25.6 Å². The number of aryl methyl sites for hydroxylation is 1. The zero-order valence-electron chi connectivity index (χ0n) is 11.7. The van der Waals surface area contributed by atoms with Crippen molar-refractivity contribution < 1.29 is 9.84 Å². The van der Waals surface area contributed by atoms with Gasteiger partial charge in [-0.2, -0.15) is 0 Å². The fraction of sp³-hybridized carbons (Fsp3) is 0.769. The number of hydrogen-bond donors (Lipinski definition) is 1. The molecule has 1 heterocycles. The largest absolute Gasteiger partial charge is 0.389 e. The van der Waals surface area contributed by atoms with Crippen molar-refractivity contribution in [2.24, 2.45) is 7.05 Å². The molecule has 0 amide bonds. The number of aliphatic hydroxyl groups excluding tert-OH is 1. The molecule has 0 radical (unpaired) electrons. The molecular formula is C13H25N3O2. The third-order valence-corrected chi connectivity index (χ3v) is 2.81. The zero-order valence-corrected chi connectivity index (χ0v) is 11.7. The Balaban J connectivity index is 2.19. The average molecular weight is 255 g/mol. The molecule has 0 fully saturated rings. The van der Waals surface area contributed by atoms with Gasteiger partial charge in [-0.05, 0) is 13.5 Å². The third-order valence-electron chi connectivity index (χ3n) is 2.81. The molecule has 0 aliphatic heterocycles. The third kappa shape index (κ3) is 5.62. The van der Waals surface area contributed by atoms with E-state index >= 15 is 0 Å². The second kappa shape index (κ2) is 8.24. The van der Waals surface area contributed by atoms with Gasteiger partial charge < -0.3 is 14.4 Å². The number of rotatable bonds is 9. The van der Waals surface area contributed by atoms with Gasteiger partial charge in [0.2, 0.25) is 0 Å². The van der Waals surface area contributed by atoms with Crippen molar-refractivity contribution in [3.63, 3.8) is 0 Å². The minimum absolute atomic E-state index is 0.408. The van der Waals surface area contributed by atoms with Crippen LogP contribution in [0.3, 0.4) is 0 Å². The van der Waals surface area contributed by atoms with Crippen molar-refractivity contribution in [1.82, 2.24) is 14.5 Å². The summed E-state index contributed by atoms with van der Waals surface area (Å²) < 4.78 is 7.38. The zero-order chi connectivity index (χ0) is 13.4. The van der Waals surface area contributed by atoms with Gasteiger partial charge in [0.15, 0.2) is 0 Å². The summed E-state index contributed by atoms with van der Waals surface area (Å²) >= 11 is 0. The molecule has 1 aromatic heterocycles. The summed E-state index contributed by atoms with van der Waals surface area (Å²) in [6.45, 7) is 4.59. The SMILES string of the molecule is CCCCOCC(O)CN(C)Cc1nccn1C. The van der Waals surface area contributed by atoms with Crippen LogP contribution in [0.15, 0.2) is 12.4 Å². The molecule has 5 heteroatoms. The van der Waals surface area contributed by atoms with Crippen molar-refractivity contribution in [3.8, 4) is 0 Å². The maximum Gasteiger partial charge on any atom is 0.122 e. The van der Waals surface area contributed by atoms with Crippen LogP contribution in [0.5, 0.6) is 0 Å². The van der Waals surface area contributed by atoms with Crippen LogP contribution in [0.2, 0.25) is 0 Å². The second-order valence-corrected chi connectivity index (χ2v) is 4.73. The summed E-state index contributed by atoms with van der Waals surface area (Å²) in [6, 6.07) is 0. The average Bonchev–Trinajstić information content (AvgIpc) is 2.70. The Kier molecular flexibility index (Phi) is 6.93. The Bertz CT molecular complexity index is 328. The molecule has 0 aliphatic carbocycles. The van der Waals surface area contributed by atoms with E-state index in [0.717, 1.165) is 31.8 Å². The minimum atomic E-state index is -0.438. The Morgan fingerprint density at radius 1 is 1.56 bits per heavy atom. The number of ether oxygens (including phenoxy) is 1. The maximum absolute atomic E-state index is 9.82. The first-order valence-corrected chi connectivity index (χ1v) is 6.54. The topological polar surface area (TPSA) is 50.5 Å². The highest BCUT2D eigenvalue weighted by molar-refractivity contribution is 4.90. The lowest BCUT2D eigenvalue weighted by atomic mass is 10.3. The van der Waals surface area contributed by atoms with E-state index in [9.17, 15) is 5.11 Å². The molecule has 0 aliphatic rings. The molecule has 104 valence electrons. The van der Waals surface area contributed by atoms with E-state index in [1.165, 1.54) is 0 Å². The van der Waals surface area contributed by atoms with E-state index in [-0.39, 0.29) is 0 Å². The summed E-state index contributed by atoms with van der Waals surface area (Å²) in [5, 5.41) is 9.82. The molecule has 1 N–H and O–H groups in total. The van der Waals surface area contributed by atoms with Crippen LogP contribution < -0.4 is 0 Å². The molecular weight excluding hydrogens is 230 g/mol. The van der Waals surface area contributed by atoms with Crippen molar-refractivity contribution >= 4 is 0 Å². The monoisotopic (exact) mass is 255 g/mol. The molecule has 0 saturated heterocycles. The van der Waals surface area contributed by atoms with Gasteiger partial charge in [-0.25, -0.2) is 4.98 Å². The number of likely N-dealkylation sites (N-methyl/N-ethyl adjacent to an activating group) is 1. The lowest BCUT2D eigenvalue weighted by molar-refractivity contribution is 0.0184. The van der Waals surface area contributed by atoms with Crippen LogP contribution in [0.4, 0.5) is 0 Å². The number of aromatic nitrogens is 2. The van der Waals surface area contributed by atoms with E-state index in [2.05, 4.69) is 16.8 Å². The first-order chi connectivity index (χ1) is 8.63. The lowest BCUT2D eigenvalue weighted by Crippen LogP contribution is -2.32. The highest BCUT2D eigenvalue weighted by Gasteiger charge is 2.10. The van der Waals surface area contributed by atoms with Crippen LogP contribution in [0, 0.1) is 0 Å². The smallest absolute Gasteiger partial charge is 0.122 e. The Hall–Kier alpha value is -0.910. The highest BCUT2D eigenvalue weighted by Crippen LogP contribution is 2.01. The first-order valence-electron chi connectivity index (χ1n) is 6.54. The van der Waals surface area contributed by atoms with E-state index in [1.807, 2.05) is 24.9 Å². The minimum Gasteiger partial charge on any atom is -0.389 e. The van der Waals surface area contributed by atoms with Gasteiger partial charge in [0.05, 0.1) is 19.3 Å². The standard InChI is InChI=1S/C13H25N3O2/c1-4-5-8-18-11-12(17)9-15(2)10-13-14-6-7-16(13)3/h6-7,12,17H,4-5,8-11H2,1-3H3. The molecule has 1 atom stereocenters. The molecule has 0 spiro atoms. The molecule has 1 unspecified atom stereocenters. The van der Waals surface area contributed by atoms with Gasteiger partial charge in [0.25, 0.3) is 0 Å². The fourth-order valence-electron chi connectivity index (χ4n) is 1.73. The predicted octanol–water partition coefficient (Wildman–Crippen LogP) is 1.03. The van der Waals surface area contributed by atoms with Gasteiger partial charge in [0, 0.05) is 32.6 Å². The second-order valence-electron chi connectivity index (χ2n) is 4.73. The number of nitrogens with zero attached hydrogens (tertiary/aromatic N) is 3. The van der Waals surface area contributed by atoms with Crippen molar-refractivity contribution in [3.05, 3.63) is 18.2 Å². The van der Waals surface area contributed by atoms with Gasteiger partial charge >= 0.3 is 0 Å². The molecule has 1 aromatic rings. The van der Waals surface area contributed by atoms with Crippen molar-refractivity contribution in [1.29, 1.82) is 0 Å². The van der Waals surface area contributed by atoms with Crippen LogP contribution in [-0.4, -0.2) is 52.5 Å². The van der Waals surface area contributed by atoms with Crippen molar-refractivity contribution in [2.45, 2.75) is 32.4 Å². The number of imidazole rings is 1. The van der Waals surface area contributed by atoms with Crippen LogP contribution in [0.25, 0.3) is 0 Å². The molecule has 18 heavy (non-hydrogen) atoms. The molecule has 0 aromatic carbocycles. The molecule has 0 bridgehead atoms. The van der Waals surface area contributed by atoms with E-state index < -0.39 is 6.10 Å². The van der Waals surface area contributed by atoms with Gasteiger partial charge in [-0.3, -0.25) is 4.90 Å². The number of aliphatic hydroxyl groups is 1. The van der Waals surface area contributed by atoms with Gasteiger partial charge in [0.1, 0.15) is 5.82 Å². The van der Waals surface area contributed by atoms with E-state index in [0.29, 0.717) is 13.2 Å². The summed E-state index contributed by atoms with van der Waals surface area (Å²) in [6.07, 6.45) is 5.44. The van der Waals surface area contributed by atoms with Gasteiger partial charge in [-0.15, -0.1) is 0 Å². The predicted molar refractivity (Wildman–Crippen MR) is 71.3 cm³/mol. The quantitative estimate of drug-likeness (QED) is 0.670. The van der Waals surface area contributed by atoms with E-state index in [1.54, 1.807) is 6.20 Å². The maximum atomic E-state index is 9.82. The normalized spacial score (nSPS) is 13.2. The summed E-state index contributed by atoms with van der Waals surface area (Å²) in [5.74, 6) is 0.997. The van der Waals surface area contributed by atoms with E-state index in [4.69, 9.17) is 4.74 Å². The Morgan fingerprint density at radius 3 is 2.94 bits per heavy atom. The summed E-state index contributed by atoms with van der Waals surface area (Å²) in [7, 11) is 3.95. The highest BCUT2D eigenvalue weighted by atomic mass is 16.5. The lowest BCUT2D eigenvalue weighted by Gasteiger charge is -2.20. The fourth-order valence-corrected chi connectivity index (χ4v) is 1.73. The number of unbranched alkanes of at least 4 members (excludes halogenated alkanes) is 1. The molecule has 0 saturated carbocycles. The molecule has 1 rings (SSSR count). The first kappa shape index (κ1) is 15.1. The summed E-state index contributed by atoms with van der Waals surface area (Å²) in [4.78, 5) is 6.31.